The fourth-order valence-corrected chi connectivity index (χ4v) is 3.11. The van der Waals surface area contributed by atoms with Crippen molar-refractivity contribution in [2.75, 3.05) is 5.75 Å². The van der Waals surface area contributed by atoms with Crippen molar-refractivity contribution in [1.29, 1.82) is 0 Å². The first-order valence-corrected chi connectivity index (χ1v) is 9.23. The highest BCUT2D eigenvalue weighted by molar-refractivity contribution is 7.99. The second-order valence-corrected chi connectivity index (χ2v) is 6.92. The average Bonchev–Trinajstić information content (AvgIpc) is 3.06. The van der Waals surface area contributed by atoms with Gasteiger partial charge in [0, 0.05) is 25.1 Å². The van der Waals surface area contributed by atoms with Crippen molar-refractivity contribution in [3.63, 3.8) is 0 Å². The summed E-state index contributed by atoms with van der Waals surface area (Å²) in [6.45, 7) is 4.10. The summed E-state index contributed by atoms with van der Waals surface area (Å²) in [7, 11) is 0. The molecule has 0 aliphatic carbocycles. The number of benzene rings is 1. The summed E-state index contributed by atoms with van der Waals surface area (Å²) >= 11 is 1.62. The first kappa shape index (κ1) is 18.1. The van der Waals surface area contributed by atoms with Crippen LogP contribution in [-0.2, 0) is 6.54 Å². The predicted molar refractivity (Wildman–Crippen MR) is 100 cm³/mol. The van der Waals surface area contributed by atoms with E-state index in [9.17, 15) is 9.18 Å². The van der Waals surface area contributed by atoms with Gasteiger partial charge in [-0.15, -0.1) is 11.8 Å². The summed E-state index contributed by atoms with van der Waals surface area (Å²) in [6, 6.07) is 8.46. The van der Waals surface area contributed by atoms with Gasteiger partial charge in [0.1, 0.15) is 11.6 Å². The van der Waals surface area contributed by atoms with Crippen LogP contribution >= 0.6 is 11.8 Å². The van der Waals surface area contributed by atoms with Gasteiger partial charge in [-0.3, -0.25) is 4.79 Å². The van der Waals surface area contributed by atoms with Crippen molar-refractivity contribution in [3.8, 4) is 5.69 Å². The molecular formula is C19H19FN4OS. The lowest BCUT2D eigenvalue weighted by Gasteiger charge is -2.10. The zero-order valence-corrected chi connectivity index (χ0v) is 15.4. The van der Waals surface area contributed by atoms with Crippen molar-refractivity contribution in [1.82, 2.24) is 19.9 Å². The van der Waals surface area contributed by atoms with Crippen molar-refractivity contribution in [2.45, 2.75) is 25.4 Å². The molecular weight excluding hydrogens is 351 g/mol. The Morgan fingerprint density at radius 3 is 2.73 bits per heavy atom. The van der Waals surface area contributed by atoms with Gasteiger partial charge in [0.25, 0.3) is 5.91 Å². The molecule has 7 heteroatoms. The smallest absolute Gasteiger partial charge is 0.253 e. The monoisotopic (exact) mass is 370 g/mol. The molecule has 5 nitrogen and oxygen atoms in total. The van der Waals surface area contributed by atoms with E-state index in [2.05, 4.69) is 15.3 Å². The Bertz CT molecular complexity index is 908. The molecule has 0 spiro atoms. The molecule has 0 aliphatic rings. The Kier molecular flexibility index (Phi) is 5.68. The van der Waals surface area contributed by atoms with Crippen molar-refractivity contribution >= 4 is 17.7 Å². The fraction of sp³-hybridized carbons (Fsp3) is 0.211. The van der Waals surface area contributed by atoms with Crippen LogP contribution in [0.25, 0.3) is 5.69 Å². The van der Waals surface area contributed by atoms with Gasteiger partial charge in [-0.05, 0) is 42.5 Å². The van der Waals surface area contributed by atoms with Crippen LogP contribution < -0.4 is 5.32 Å². The number of nitrogens with zero attached hydrogens (tertiary/aromatic N) is 3. The molecule has 26 heavy (non-hydrogen) atoms. The number of aromatic nitrogens is 3. The highest BCUT2D eigenvalue weighted by atomic mass is 32.2. The van der Waals surface area contributed by atoms with E-state index in [1.54, 1.807) is 53.1 Å². The number of nitrogens with one attached hydrogen (secondary N) is 1. The van der Waals surface area contributed by atoms with Gasteiger partial charge >= 0.3 is 0 Å². The molecule has 0 atom stereocenters. The minimum Gasteiger partial charge on any atom is -0.348 e. The van der Waals surface area contributed by atoms with Gasteiger partial charge in [-0.1, -0.05) is 13.0 Å². The van der Waals surface area contributed by atoms with Crippen LogP contribution in [-0.4, -0.2) is 26.2 Å². The zero-order chi connectivity index (χ0) is 18.5. The Labute approximate surface area is 155 Å². The number of thioether (sulfide) groups is 1. The van der Waals surface area contributed by atoms with E-state index in [0.717, 1.165) is 10.8 Å². The van der Waals surface area contributed by atoms with E-state index in [4.69, 9.17) is 0 Å². The number of hydrogen-bond donors (Lipinski definition) is 1. The third kappa shape index (κ3) is 4.11. The molecule has 0 radical (unpaired) electrons. The summed E-state index contributed by atoms with van der Waals surface area (Å²) in [6.07, 6.45) is 4.89. The Morgan fingerprint density at radius 2 is 2.12 bits per heavy atom. The standard InChI is InChI=1S/C19H19FN4OS/c1-3-26-18-7-5-15(12-22-18)19(25)23-11-14-4-6-17(16(20)10-14)24-9-8-21-13(24)2/h4-10,12H,3,11H2,1-2H3,(H,23,25). The quantitative estimate of drug-likeness (QED) is 0.671. The van der Waals surface area contributed by atoms with Gasteiger partial charge in [-0.2, -0.15) is 0 Å². The van der Waals surface area contributed by atoms with E-state index in [0.29, 0.717) is 22.6 Å². The number of rotatable bonds is 6. The Hall–Kier alpha value is -2.67. The van der Waals surface area contributed by atoms with Gasteiger partial charge in [0.2, 0.25) is 0 Å². The number of hydrogen-bond acceptors (Lipinski definition) is 4. The second-order valence-electron chi connectivity index (χ2n) is 5.63. The number of carbonyl (C=O) groups excluding carboxylic acids is 1. The topological polar surface area (TPSA) is 59.8 Å². The predicted octanol–water partition coefficient (Wildman–Crippen LogP) is 3.76. The lowest BCUT2D eigenvalue weighted by molar-refractivity contribution is 0.0950. The molecule has 0 aliphatic heterocycles. The van der Waals surface area contributed by atoms with Crippen molar-refractivity contribution in [3.05, 3.63) is 71.7 Å². The fourth-order valence-electron chi connectivity index (χ4n) is 2.52. The molecule has 0 saturated carbocycles. The minimum absolute atomic E-state index is 0.236. The highest BCUT2D eigenvalue weighted by Gasteiger charge is 2.10. The second kappa shape index (κ2) is 8.14. The van der Waals surface area contributed by atoms with E-state index in [1.165, 1.54) is 6.07 Å². The van der Waals surface area contributed by atoms with Gasteiger partial charge in [0.05, 0.1) is 16.3 Å². The van der Waals surface area contributed by atoms with Gasteiger partial charge in [-0.25, -0.2) is 14.4 Å². The lowest BCUT2D eigenvalue weighted by Crippen LogP contribution is -2.23. The molecule has 1 amide bonds. The molecule has 134 valence electrons. The summed E-state index contributed by atoms with van der Waals surface area (Å²) < 4.78 is 16.1. The number of amides is 1. The SMILES string of the molecule is CCSc1ccc(C(=O)NCc2ccc(-n3ccnc3C)c(F)c2)cn1. The van der Waals surface area contributed by atoms with Gasteiger partial charge < -0.3 is 9.88 Å². The third-order valence-electron chi connectivity index (χ3n) is 3.84. The number of aryl methyl sites for hydroxylation is 1. The van der Waals surface area contributed by atoms with Crippen LogP contribution in [0.4, 0.5) is 4.39 Å². The molecule has 1 aromatic carbocycles. The van der Waals surface area contributed by atoms with Crippen LogP contribution in [0.3, 0.4) is 0 Å². The van der Waals surface area contributed by atoms with Crippen LogP contribution in [0.2, 0.25) is 0 Å². The molecule has 3 rings (SSSR count). The Balaban J connectivity index is 1.65. The first-order valence-electron chi connectivity index (χ1n) is 8.24. The summed E-state index contributed by atoms with van der Waals surface area (Å²) in [5.41, 5.74) is 1.60. The van der Waals surface area contributed by atoms with Crippen molar-refractivity contribution in [2.24, 2.45) is 0 Å². The zero-order valence-electron chi connectivity index (χ0n) is 14.6. The molecule has 0 unspecified atom stereocenters. The third-order valence-corrected chi connectivity index (χ3v) is 4.67. The maximum atomic E-state index is 14.4. The van der Waals surface area contributed by atoms with E-state index in [-0.39, 0.29) is 18.3 Å². The number of carbonyl (C=O) groups is 1. The largest absolute Gasteiger partial charge is 0.348 e. The average molecular weight is 370 g/mol. The minimum atomic E-state index is -0.361. The van der Waals surface area contributed by atoms with Crippen LogP contribution in [0, 0.1) is 12.7 Å². The lowest BCUT2D eigenvalue weighted by atomic mass is 10.2. The first-order chi connectivity index (χ1) is 12.6. The molecule has 3 aromatic rings. The summed E-state index contributed by atoms with van der Waals surface area (Å²) in [5, 5.41) is 3.67. The summed E-state index contributed by atoms with van der Waals surface area (Å²) in [5.74, 6) is 1.04. The molecule has 0 bridgehead atoms. The highest BCUT2D eigenvalue weighted by Crippen LogP contribution is 2.17. The maximum Gasteiger partial charge on any atom is 0.253 e. The van der Waals surface area contributed by atoms with Gasteiger partial charge in [0.15, 0.2) is 0 Å². The van der Waals surface area contributed by atoms with Crippen molar-refractivity contribution < 1.29 is 9.18 Å². The number of halogens is 1. The molecule has 1 N–H and O–H groups in total. The Morgan fingerprint density at radius 1 is 1.27 bits per heavy atom. The van der Waals surface area contributed by atoms with Crippen LogP contribution in [0.5, 0.6) is 0 Å². The molecule has 2 aromatic heterocycles. The summed E-state index contributed by atoms with van der Waals surface area (Å²) in [4.78, 5) is 20.5. The van der Waals surface area contributed by atoms with E-state index in [1.807, 2.05) is 19.9 Å². The molecule has 0 saturated heterocycles. The normalized spacial score (nSPS) is 10.7. The van der Waals surface area contributed by atoms with E-state index < -0.39 is 0 Å². The molecule has 0 fully saturated rings. The van der Waals surface area contributed by atoms with Crippen LogP contribution in [0.15, 0.2) is 53.9 Å². The van der Waals surface area contributed by atoms with E-state index >= 15 is 0 Å². The van der Waals surface area contributed by atoms with Crippen LogP contribution in [0.1, 0.15) is 28.7 Å². The number of pyridine rings is 1. The maximum absolute atomic E-state index is 14.4. The number of imidazole rings is 1. The molecule has 2 heterocycles.